The van der Waals surface area contributed by atoms with E-state index in [9.17, 15) is 9.18 Å². The Morgan fingerprint density at radius 1 is 1.48 bits per heavy atom. The summed E-state index contributed by atoms with van der Waals surface area (Å²) in [7, 11) is 1.65. The fourth-order valence-electron chi connectivity index (χ4n) is 3.91. The number of nitrogens with zero attached hydrogens (tertiary/aromatic N) is 1. The second-order valence-electron chi connectivity index (χ2n) is 6.55. The highest BCUT2D eigenvalue weighted by Crippen LogP contribution is 2.43. The monoisotopic (exact) mass is 345 g/mol. The molecule has 4 rings (SSSR count). The number of carbonyl (C=O) groups excluding carboxylic acids is 1. The Balaban J connectivity index is 1.48. The third-order valence-corrected chi connectivity index (χ3v) is 5.16. The molecule has 25 heavy (non-hydrogen) atoms. The van der Waals surface area contributed by atoms with Gasteiger partial charge in [-0.25, -0.2) is 4.39 Å². The average Bonchev–Trinajstić information content (AvgIpc) is 3.25. The summed E-state index contributed by atoms with van der Waals surface area (Å²) in [5, 5.41) is 9.82. The third-order valence-electron chi connectivity index (χ3n) is 5.16. The minimum absolute atomic E-state index is 0.0279. The second kappa shape index (κ2) is 6.57. The van der Waals surface area contributed by atoms with Crippen LogP contribution in [-0.4, -0.2) is 48.6 Å². The molecule has 1 aromatic carbocycles. The van der Waals surface area contributed by atoms with Crippen LogP contribution in [0.15, 0.2) is 30.3 Å². The van der Waals surface area contributed by atoms with Gasteiger partial charge < -0.3 is 14.8 Å². The number of amides is 1. The highest BCUT2D eigenvalue weighted by Gasteiger charge is 2.54. The van der Waals surface area contributed by atoms with Gasteiger partial charge in [0.2, 0.25) is 0 Å². The molecule has 0 radical (unpaired) electrons. The van der Waals surface area contributed by atoms with Crippen molar-refractivity contribution in [2.75, 3.05) is 20.3 Å². The molecule has 1 aliphatic heterocycles. The number of methoxy groups -OCH3 is 1. The van der Waals surface area contributed by atoms with Crippen LogP contribution in [0, 0.1) is 17.7 Å². The van der Waals surface area contributed by atoms with E-state index >= 15 is 0 Å². The summed E-state index contributed by atoms with van der Waals surface area (Å²) in [6.07, 6.45) is 1.11. The maximum atomic E-state index is 13.9. The van der Waals surface area contributed by atoms with Crippen LogP contribution in [0.2, 0.25) is 0 Å². The van der Waals surface area contributed by atoms with Crippen molar-refractivity contribution in [3.63, 3.8) is 0 Å². The molecule has 0 bridgehead atoms. The normalized spacial score (nSPS) is 27.6. The van der Waals surface area contributed by atoms with E-state index in [1.54, 1.807) is 31.4 Å². The van der Waals surface area contributed by atoms with Gasteiger partial charge in [-0.3, -0.25) is 9.89 Å². The Morgan fingerprint density at radius 2 is 2.32 bits per heavy atom. The first-order chi connectivity index (χ1) is 12.2. The molecule has 1 aliphatic carbocycles. The van der Waals surface area contributed by atoms with Gasteiger partial charge in [0.1, 0.15) is 11.5 Å². The molecule has 1 amide bonds. The predicted molar refractivity (Wildman–Crippen MR) is 88.4 cm³/mol. The molecular weight excluding hydrogens is 325 g/mol. The topological polar surface area (TPSA) is 76.2 Å². The first-order valence-corrected chi connectivity index (χ1v) is 8.40. The van der Waals surface area contributed by atoms with E-state index in [2.05, 4.69) is 15.5 Å². The smallest absolute Gasteiger partial charge is 0.269 e. The largest absolute Gasteiger partial charge is 0.384 e. The van der Waals surface area contributed by atoms with Crippen molar-refractivity contribution in [3.05, 3.63) is 41.8 Å². The van der Waals surface area contributed by atoms with Gasteiger partial charge >= 0.3 is 0 Å². The molecule has 0 spiro atoms. The zero-order valence-corrected chi connectivity index (χ0v) is 13.9. The van der Waals surface area contributed by atoms with Crippen molar-refractivity contribution in [1.29, 1.82) is 0 Å². The van der Waals surface area contributed by atoms with E-state index in [-0.39, 0.29) is 29.8 Å². The molecule has 4 atom stereocenters. The van der Waals surface area contributed by atoms with Gasteiger partial charge in [-0.15, -0.1) is 0 Å². The predicted octanol–water partition coefficient (Wildman–Crippen LogP) is 2.00. The van der Waals surface area contributed by atoms with Gasteiger partial charge in [-0.05, 0) is 24.6 Å². The van der Waals surface area contributed by atoms with E-state index < -0.39 is 0 Å². The number of aromatic nitrogens is 2. The lowest BCUT2D eigenvalue weighted by atomic mass is 9.67. The van der Waals surface area contributed by atoms with Crippen LogP contribution in [0.1, 0.15) is 16.9 Å². The van der Waals surface area contributed by atoms with E-state index in [1.807, 2.05) is 0 Å². The molecule has 1 aromatic heterocycles. The first kappa shape index (κ1) is 16.2. The van der Waals surface area contributed by atoms with Crippen molar-refractivity contribution in [2.24, 2.45) is 11.8 Å². The summed E-state index contributed by atoms with van der Waals surface area (Å²) in [4.78, 5) is 12.6. The van der Waals surface area contributed by atoms with Gasteiger partial charge in [-0.1, -0.05) is 12.1 Å². The van der Waals surface area contributed by atoms with Crippen LogP contribution in [0.4, 0.5) is 4.39 Å². The number of ether oxygens (including phenoxy) is 2. The highest BCUT2D eigenvalue weighted by atomic mass is 19.1. The SMILES string of the molecule is COCC1C(NC(=O)c2cc(-c3ccccc3F)n[nH]2)C2CCOC21. The number of rotatable bonds is 5. The van der Waals surface area contributed by atoms with Gasteiger partial charge in [0.25, 0.3) is 5.91 Å². The number of H-pyrrole nitrogens is 1. The van der Waals surface area contributed by atoms with Crippen LogP contribution >= 0.6 is 0 Å². The number of benzene rings is 1. The van der Waals surface area contributed by atoms with Crippen molar-refractivity contribution >= 4 is 5.91 Å². The summed E-state index contributed by atoms with van der Waals surface area (Å²) < 4.78 is 24.8. The first-order valence-electron chi connectivity index (χ1n) is 8.40. The number of fused-ring (bicyclic) bond motifs is 1. The summed E-state index contributed by atoms with van der Waals surface area (Å²) >= 11 is 0. The fourth-order valence-corrected chi connectivity index (χ4v) is 3.91. The maximum absolute atomic E-state index is 13.9. The van der Waals surface area contributed by atoms with Crippen molar-refractivity contribution in [1.82, 2.24) is 15.5 Å². The summed E-state index contributed by atoms with van der Waals surface area (Å²) in [6, 6.07) is 7.95. The van der Waals surface area contributed by atoms with Crippen molar-refractivity contribution in [2.45, 2.75) is 18.6 Å². The van der Waals surface area contributed by atoms with E-state index in [0.717, 1.165) is 13.0 Å². The number of carbonyl (C=O) groups is 1. The summed E-state index contributed by atoms with van der Waals surface area (Å²) in [6.45, 7) is 1.28. The number of hydrogen-bond donors (Lipinski definition) is 2. The minimum atomic E-state index is -0.369. The van der Waals surface area contributed by atoms with Gasteiger partial charge in [-0.2, -0.15) is 5.10 Å². The lowest BCUT2D eigenvalue weighted by Gasteiger charge is -2.47. The fraction of sp³-hybridized carbons (Fsp3) is 0.444. The van der Waals surface area contributed by atoms with E-state index in [1.165, 1.54) is 6.07 Å². The Bertz CT molecular complexity index is 778. The van der Waals surface area contributed by atoms with Crippen LogP contribution in [-0.2, 0) is 9.47 Å². The van der Waals surface area contributed by atoms with E-state index in [4.69, 9.17) is 9.47 Å². The molecule has 2 aliphatic rings. The quantitative estimate of drug-likeness (QED) is 0.869. The minimum Gasteiger partial charge on any atom is -0.384 e. The van der Waals surface area contributed by atoms with Gasteiger partial charge in [0.15, 0.2) is 0 Å². The van der Waals surface area contributed by atoms with Gasteiger partial charge in [0, 0.05) is 37.2 Å². The number of halogens is 1. The van der Waals surface area contributed by atoms with Crippen molar-refractivity contribution in [3.8, 4) is 11.3 Å². The van der Waals surface area contributed by atoms with Crippen LogP contribution in [0.3, 0.4) is 0 Å². The molecule has 132 valence electrons. The number of hydrogen-bond acceptors (Lipinski definition) is 4. The molecule has 1 saturated heterocycles. The molecule has 2 fully saturated rings. The van der Waals surface area contributed by atoms with Crippen LogP contribution in [0.25, 0.3) is 11.3 Å². The Hall–Kier alpha value is -2.25. The highest BCUT2D eigenvalue weighted by molar-refractivity contribution is 5.93. The number of aromatic amines is 1. The summed E-state index contributed by atoms with van der Waals surface area (Å²) in [5.41, 5.74) is 1.09. The van der Waals surface area contributed by atoms with Crippen LogP contribution < -0.4 is 5.32 Å². The molecule has 2 heterocycles. The molecule has 2 N–H and O–H groups in total. The Kier molecular flexibility index (Phi) is 4.27. The summed E-state index contributed by atoms with van der Waals surface area (Å²) in [5.74, 6) is -0.119. The second-order valence-corrected chi connectivity index (χ2v) is 6.55. The standard InChI is InChI=1S/C18H20FN3O3/c1-24-9-12-16(11-6-7-25-17(11)12)20-18(23)15-8-14(21-22-15)10-4-2-3-5-13(10)19/h2-5,8,11-12,16-17H,6-7,9H2,1H3,(H,20,23)(H,21,22). The molecule has 4 unspecified atom stereocenters. The lowest BCUT2D eigenvalue weighted by Crippen LogP contribution is -2.62. The zero-order valence-electron chi connectivity index (χ0n) is 13.9. The van der Waals surface area contributed by atoms with E-state index in [0.29, 0.717) is 29.5 Å². The van der Waals surface area contributed by atoms with Gasteiger partial charge in [0.05, 0.1) is 18.4 Å². The Morgan fingerprint density at radius 3 is 3.12 bits per heavy atom. The maximum Gasteiger partial charge on any atom is 0.269 e. The average molecular weight is 345 g/mol. The third kappa shape index (κ3) is 2.83. The molecule has 2 aromatic rings. The molecule has 6 nitrogen and oxygen atoms in total. The molecule has 1 saturated carbocycles. The zero-order chi connectivity index (χ0) is 17.4. The molecule has 7 heteroatoms. The Labute approximate surface area is 144 Å². The molecular formula is C18H20FN3O3. The number of nitrogens with one attached hydrogen (secondary N) is 2. The lowest BCUT2D eigenvalue weighted by molar-refractivity contribution is -0.0810. The van der Waals surface area contributed by atoms with Crippen molar-refractivity contribution < 1.29 is 18.7 Å². The van der Waals surface area contributed by atoms with Crippen LogP contribution in [0.5, 0.6) is 0 Å².